The van der Waals surface area contributed by atoms with E-state index in [2.05, 4.69) is 20.5 Å². The molecular formula is C20H20N4O3S2. The summed E-state index contributed by atoms with van der Waals surface area (Å²) in [6.07, 6.45) is 0. The maximum atomic E-state index is 12.9. The van der Waals surface area contributed by atoms with Crippen molar-refractivity contribution in [2.75, 3.05) is 43.5 Å². The molecular weight excluding hydrogens is 408 g/mol. The summed E-state index contributed by atoms with van der Waals surface area (Å²) in [6.45, 7) is 3.37. The third-order valence-corrected chi connectivity index (χ3v) is 6.47. The lowest BCUT2D eigenvalue weighted by Crippen LogP contribution is -2.43. The molecule has 0 saturated carbocycles. The number of ether oxygens (including phenoxy) is 1. The number of methoxy groups -OCH3 is 1. The second kappa shape index (κ2) is 8.73. The predicted octanol–water partition coefficient (Wildman–Crippen LogP) is 3.32. The van der Waals surface area contributed by atoms with Crippen molar-refractivity contribution in [2.45, 2.75) is 0 Å². The third-order valence-electron chi connectivity index (χ3n) is 4.59. The van der Waals surface area contributed by atoms with E-state index in [0.29, 0.717) is 16.9 Å². The smallest absolute Gasteiger partial charge is 0.337 e. The van der Waals surface area contributed by atoms with Gasteiger partial charge in [-0.2, -0.15) is 0 Å². The van der Waals surface area contributed by atoms with Crippen molar-refractivity contribution in [3.63, 3.8) is 0 Å². The fraction of sp³-hybridized carbons (Fsp3) is 0.250. The third kappa shape index (κ3) is 4.31. The van der Waals surface area contributed by atoms with Crippen LogP contribution in [0.3, 0.4) is 0 Å². The van der Waals surface area contributed by atoms with Crippen molar-refractivity contribution in [3.05, 3.63) is 52.3 Å². The number of thiophene rings is 1. The minimum absolute atomic E-state index is 0.303. The summed E-state index contributed by atoms with van der Waals surface area (Å²) in [4.78, 5) is 32.5. The lowest BCUT2D eigenvalue weighted by molar-refractivity contribution is 0.0600. The highest BCUT2D eigenvalue weighted by Crippen LogP contribution is 2.30. The Labute approximate surface area is 176 Å². The normalized spacial score (nSPS) is 13.9. The number of hydrogen-bond acceptors (Lipinski definition) is 8. The minimum atomic E-state index is -0.444. The summed E-state index contributed by atoms with van der Waals surface area (Å²) in [5, 5.41) is 10.8. The second-order valence-corrected chi connectivity index (χ2v) is 8.24. The molecule has 0 atom stereocenters. The van der Waals surface area contributed by atoms with Crippen molar-refractivity contribution in [2.24, 2.45) is 0 Å². The fourth-order valence-electron chi connectivity index (χ4n) is 3.14. The molecule has 1 amide bonds. The molecule has 1 aliphatic rings. The van der Waals surface area contributed by atoms with Crippen molar-refractivity contribution in [3.8, 4) is 9.88 Å². The SMILES string of the molecule is COC(=O)c1ccc(N2CCNCC2)c(NC(=O)c2csc(-c3cccs3)n2)c1. The van der Waals surface area contributed by atoms with Crippen LogP contribution in [0.1, 0.15) is 20.8 Å². The first-order chi connectivity index (χ1) is 14.2. The topological polar surface area (TPSA) is 83.6 Å². The number of nitrogens with one attached hydrogen (secondary N) is 2. The highest BCUT2D eigenvalue weighted by Gasteiger charge is 2.20. The molecule has 7 nitrogen and oxygen atoms in total. The van der Waals surface area contributed by atoms with Crippen LogP contribution < -0.4 is 15.5 Å². The number of benzene rings is 1. The zero-order chi connectivity index (χ0) is 20.2. The fourth-order valence-corrected chi connectivity index (χ4v) is 4.75. The van der Waals surface area contributed by atoms with Gasteiger partial charge in [-0.3, -0.25) is 4.79 Å². The summed E-state index contributed by atoms with van der Waals surface area (Å²) in [6, 6.07) is 9.17. The summed E-state index contributed by atoms with van der Waals surface area (Å²) >= 11 is 3.02. The average Bonchev–Trinajstić information content (AvgIpc) is 3.45. The largest absolute Gasteiger partial charge is 0.465 e. The number of rotatable bonds is 5. The molecule has 150 valence electrons. The molecule has 1 aromatic carbocycles. The van der Waals surface area contributed by atoms with E-state index in [0.717, 1.165) is 41.8 Å². The van der Waals surface area contributed by atoms with Crippen LogP contribution in [0.15, 0.2) is 41.1 Å². The Hall–Kier alpha value is -2.75. The predicted molar refractivity (Wildman–Crippen MR) is 116 cm³/mol. The van der Waals surface area contributed by atoms with Gasteiger partial charge in [0.1, 0.15) is 10.7 Å². The molecule has 3 aromatic rings. The van der Waals surface area contributed by atoms with Crippen LogP contribution in [0, 0.1) is 0 Å². The molecule has 0 bridgehead atoms. The summed E-state index contributed by atoms with van der Waals surface area (Å²) in [5.74, 6) is -0.747. The minimum Gasteiger partial charge on any atom is -0.465 e. The molecule has 0 spiro atoms. The van der Waals surface area contributed by atoms with Crippen molar-refractivity contribution < 1.29 is 14.3 Å². The van der Waals surface area contributed by atoms with Crippen LogP contribution in [0.2, 0.25) is 0 Å². The number of amides is 1. The molecule has 9 heteroatoms. The van der Waals surface area contributed by atoms with Crippen LogP contribution >= 0.6 is 22.7 Å². The van der Waals surface area contributed by atoms with Gasteiger partial charge in [-0.1, -0.05) is 6.07 Å². The second-order valence-electron chi connectivity index (χ2n) is 6.43. The number of nitrogens with zero attached hydrogens (tertiary/aromatic N) is 2. The molecule has 1 fully saturated rings. The molecule has 0 unspecified atom stereocenters. The quantitative estimate of drug-likeness (QED) is 0.607. The van der Waals surface area contributed by atoms with Gasteiger partial charge in [0.25, 0.3) is 5.91 Å². The van der Waals surface area contributed by atoms with Crippen LogP contribution in [-0.2, 0) is 4.74 Å². The average molecular weight is 429 g/mol. The van der Waals surface area contributed by atoms with Gasteiger partial charge in [-0.15, -0.1) is 22.7 Å². The number of carbonyl (C=O) groups is 2. The monoisotopic (exact) mass is 428 g/mol. The first-order valence-electron chi connectivity index (χ1n) is 9.14. The van der Waals surface area contributed by atoms with E-state index in [1.165, 1.54) is 18.4 Å². The number of anilines is 2. The zero-order valence-corrected chi connectivity index (χ0v) is 17.4. The van der Waals surface area contributed by atoms with Crippen molar-refractivity contribution >= 4 is 45.9 Å². The maximum absolute atomic E-state index is 12.9. The van der Waals surface area contributed by atoms with Crippen LogP contribution in [-0.4, -0.2) is 50.1 Å². The van der Waals surface area contributed by atoms with E-state index in [-0.39, 0.29) is 5.91 Å². The number of aromatic nitrogens is 1. The molecule has 1 aliphatic heterocycles. The van der Waals surface area contributed by atoms with E-state index in [1.54, 1.807) is 28.8 Å². The molecule has 0 radical (unpaired) electrons. The van der Waals surface area contributed by atoms with Crippen LogP contribution in [0.5, 0.6) is 0 Å². The molecule has 1 saturated heterocycles. The Morgan fingerprint density at radius 1 is 1.21 bits per heavy atom. The van der Waals surface area contributed by atoms with E-state index in [9.17, 15) is 9.59 Å². The summed E-state index contributed by atoms with van der Waals surface area (Å²) in [7, 11) is 1.34. The van der Waals surface area contributed by atoms with E-state index in [4.69, 9.17) is 4.74 Å². The van der Waals surface area contributed by atoms with Gasteiger partial charge in [-0.25, -0.2) is 9.78 Å². The molecule has 2 N–H and O–H groups in total. The van der Waals surface area contributed by atoms with E-state index in [1.807, 2.05) is 23.6 Å². The Morgan fingerprint density at radius 2 is 2.03 bits per heavy atom. The van der Waals surface area contributed by atoms with Crippen molar-refractivity contribution in [1.82, 2.24) is 10.3 Å². The van der Waals surface area contributed by atoms with E-state index < -0.39 is 5.97 Å². The standard InChI is InChI=1S/C20H20N4O3S2/c1-27-20(26)13-4-5-16(24-8-6-21-7-9-24)14(11-13)22-18(25)15-12-29-19(23-15)17-3-2-10-28-17/h2-5,10-12,21H,6-9H2,1H3,(H,22,25). The summed E-state index contributed by atoms with van der Waals surface area (Å²) in [5.41, 5.74) is 2.19. The first kappa shape index (κ1) is 19.6. The zero-order valence-electron chi connectivity index (χ0n) is 15.8. The van der Waals surface area contributed by atoms with Gasteiger partial charge in [-0.05, 0) is 29.6 Å². The van der Waals surface area contributed by atoms with Gasteiger partial charge in [0, 0.05) is 31.6 Å². The Kier molecular flexibility index (Phi) is 5.89. The van der Waals surface area contributed by atoms with Crippen LogP contribution in [0.25, 0.3) is 9.88 Å². The maximum Gasteiger partial charge on any atom is 0.337 e. The van der Waals surface area contributed by atoms with Gasteiger partial charge in [0.05, 0.1) is 28.9 Å². The lowest BCUT2D eigenvalue weighted by Gasteiger charge is -2.31. The summed E-state index contributed by atoms with van der Waals surface area (Å²) < 4.78 is 4.83. The van der Waals surface area contributed by atoms with Gasteiger partial charge >= 0.3 is 5.97 Å². The Bertz CT molecular complexity index is 1010. The number of thiazole rings is 1. The number of carbonyl (C=O) groups excluding carboxylic acids is 2. The van der Waals surface area contributed by atoms with Crippen LogP contribution in [0.4, 0.5) is 11.4 Å². The first-order valence-corrected chi connectivity index (χ1v) is 10.9. The number of hydrogen-bond donors (Lipinski definition) is 2. The molecule has 4 rings (SSSR count). The van der Waals surface area contributed by atoms with Gasteiger partial charge in [0.2, 0.25) is 0 Å². The lowest BCUT2D eigenvalue weighted by atomic mass is 10.1. The Morgan fingerprint density at radius 3 is 2.76 bits per heavy atom. The Balaban J connectivity index is 1.61. The molecule has 3 heterocycles. The molecule has 0 aliphatic carbocycles. The molecule has 2 aromatic heterocycles. The highest BCUT2D eigenvalue weighted by atomic mass is 32.1. The molecule has 29 heavy (non-hydrogen) atoms. The van der Waals surface area contributed by atoms with Gasteiger partial charge < -0.3 is 20.3 Å². The van der Waals surface area contributed by atoms with Gasteiger partial charge in [0.15, 0.2) is 0 Å². The van der Waals surface area contributed by atoms with E-state index >= 15 is 0 Å². The number of esters is 1. The highest BCUT2D eigenvalue weighted by molar-refractivity contribution is 7.20. The number of piperazine rings is 1. The van der Waals surface area contributed by atoms with Crippen molar-refractivity contribution in [1.29, 1.82) is 0 Å².